The summed E-state index contributed by atoms with van der Waals surface area (Å²) in [5, 5.41) is 8.66. The van der Waals surface area contributed by atoms with Crippen LogP contribution in [0.3, 0.4) is 0 Å². The molecule has 154 valence electrons. The first kappa shape index (κ1) is 19.3. The van der Waals surface area contributed by atoms with Crippen LogP contribution in [-0.2, 0) is 5.41 Å². The topological polar surface area (TPSA) is 42.2 Å². The summed E-state index contributed by atoms with van der Waals surface area (Å²) in [6.45, 7) is 4.06. The Morgan fingerprint density at radius 3 is 2.07 bits per heavy atom. The molecule has 0 amide bonds. The average molecular weight is 400 g/mol. The summed E-state index contributed by atoms with van der Waals surface area (Å²) in [5.41, 5.74) is 1.67. The van der Waals surface area contributed by atoms with Crippen molar-refractivity contribution >= 4 is 0 Å². The van der Waals surface area contributed by atoms with E-state index in [-0.39, 0.29) is 0 Å². The minimum Gasteiger partial charge on any atom is -0.424 e. The zero-order chi connectivity index (χ0) is 20.4. The summed E-state index contributed by atoms with van der Waals surface area (Å²) >= 11 is 0. The van der Waals surface area contributed by atoms with Crippen LogP contribution in [0.5, 0.6) is 0 Å². The number of hydrogen-bond acceptors (Lipinski definition) is 4. The molecule has 0 N–H and O–H groups in total. The normalized spacial score (nSPS) is 22.0. The summed E-state index contributed by atoms with van der Waals surface area (Å²) < 4.78 is 6.06. The van der Waals surface area contributed by atoms with Gasteiger partial charge in [0.1, 0.15) is 5.41 Å². The molecular formula is C26H29N3O. The van der Waals surface area contributed by atoms with Crippen LogP contribution in [0, 0.1) is 12.8 Å². The minimum atomic E-state index is -0.599. The molecule has 2 aromatic carbocycles. The fourth-order valence-corrected chi connectivity index (χ4v) is 5.30. The zero-order valence-electron chi connectivity index (χ0n) is 17.6. The van der Waals surface area contributed by atoms with Crippen molar-refractivity contribution in [2.45, 2.75) is 44.1 Å². The van der Waals surface area contributed by atoms with Crippen molar-refractivity contribution in [2.24, 2.45) is 5.92 Å². The third kappa shape index (κ3) is 3.50. The number of benzene rings is 2. The third-order valence-corrected chi connectivity index (χ3v) is 6.85. The molecule has 1 aliphatic carbocycles. The molecule has 30 heavy (non-hydrogen) atoms. The number of rotatable bonds is 6. The molecule has 3 fully saturated rings. The smallest absolute Gasteiger partial charge is 0.235 e. The summed E-state index contributed by atoms with van der Waals surface area (Å²) in [6.07, 6.45) is 10.1. The summed E-state index contributed by atoms with van der Waals surface area (Å²) in [5.74, 6) is 2.09. The van der Waals surface area contributed by atoms with Crippen LogP contribution in [-0.4, -0.2) is 34.2 Å². The Morgan fingerprint density at radius 2 is 1.57 bits per heavy atom. The van der Waals surface area contributed by atoms with E-state index in [1.54, 1.807) is 0 Å². The van der Waals surface area contributed by atoms with Gasteiger partial charge in [0.15, 0.2) is 0 Å². The van der Waals surface area contributed by atoms with Gasteiger partial charge in [-0.1, -0.05) is 72.8 Å². The molecule has 1 saturated carbocycles. The maximum atomic E-state index is 6.06. The molecule has 4 heteroatoms. The fourth-order valence-electron chi connectivity index (χ4n) is 5.30. The lowest BCUT2D eigenvalue weighted by molar-refractivity contribution is 0.0593. The van der Waals surface area contributed by atoms with Crippen LogP contribution < -0.4 is 0 Å². The lowest BCUT2D eigenvalue weighted by Crippen LogP contribution is -2.47. The largest absolute Gasteiger partial charge is 0.424 e. The SMILES string of the molecule is Cc1nnc(C(C=CCN2C[C@H]3CC[C@H]2CC3)(c2ccccc2)c2ccccc2)o1. The molecule has 0 atom stereocenters. The van der Waals surface area contributed by atoms with Gasteiger partial charge < -0.3 is 4.42 Å². The number of aromatic nitrogens is 2. The predicted molar refractivity (Wildman–Crippen MR) is 118 cm³/mol. The van der Waals surface area contributed by atoms with Gasteiger partial charge in [-0.15, -0.1) is 10.2 Å². The van der Waals surface area contributed by atoms with E-state index in [1.165, 1.54) is 32.2 Å². The average Bonchev–Trinajstić information content (AvgIpc) is 3.25. The van der Waals surface area contributed by atoms with Crippen molar-refractivity contribution in [1.82, 2.24) is 15.1 Å². The minimum absolute atomic E-state index is 0.586. The Morgan fingerprint density at radius 1 is 0.933 bits per heavy atom. The second kappa shape index (κ2) is 8.19. The molecule has 4 nitrogen and oxygen atoms in total. The van der Waals surface area contributed by atoms with E-state index in [2.05, 4.69) is 75.8 Å². The van der Waals surface area contributed by atoms with E-state index < -0.39 is 5.41 Å². The molecule has 0 unspecified atom stereocenters. The summed E-state index contributed by atoms with van der Waals surface area (Å²) in [4.78, 5) is 2.66. The van der Waals surface area contributed by atoms with Crippen molar-refractivity contribution in [3.63, 3.8) is 0 Å². The Balaban J connectivity index is 1.57. The molecular weight excluding hydrogens is 370 g/mol. The molecule has 2 aliphatic heterocycles. The van der Waals surface area contributed by atoms with E-state index in [1.807, 2.05) is 19.1 Å². The number of aryl methyl sites for hydroxylation is 1. The van der Waals surface area contributed by atoms with Crippen LogP contribution in [0.25, 0.3) is 0 Å². The van der Waals surface area contributed by atoms with Crippen molar-refractivity contribution in [3.05, 3.63) is 95.7 Å². The Labute approximate surface area is 178 Å². The highest BCUT2D eigenvalue weighted by Gasteiger charge is 2.39. The molecule has 0 spiro atoms. The maximum Gasteiger partial charge on any atom is 0.235 e. The van der Waals surface area contributed by atoms with Crippen molar-refractivity contribution in [3.8, 4) is 0 Å². The van der Waals surface area contributed by atoms with Gasteiger partial charge in [-0.05, 0) is 42.7 Å². The quantitative estimate of drug-likeness (QED) is 0.538. The molecule has 3 heterocycles. The Bertz CT molecular complexity index is 948. The van der Waals surface area contributed by atoms with Crippen molar-refractivity contribution in [1.29, 1.82) is 0 Å². The van der Waals surface area contributed by atoms with Gasteiger partial charge in [0.05, 0.1) is 0 Å². The van der Waals surface area contributed by atoms with Gasteiger partial charge >= 0.3 is 0 Å². The predicted octanol–water partition coefficient (Wildman–Crippen LogP) is 5.14. The van der Waals surface area contributed by atoms with E-state index in [9.17, 15) is 0 Å². The highest BCUT2D eigenvalue weighted by molar-refractivity contribution is 5.50. The number of piperidine rings is 2. The molecule has 6 rings (SSSR count). The van der Waals surface area contributed by atoms with Crippen LogP contribution in [0.2, 0.25) is 0 Å². The van der Waals surface area contributed by atoms with Gasteiger partial charge in [0, 0.05) is 26.1 Å². The first-order chi connectivity index (χ1) is 14.8. The van der Waals surface area contributed by atoms with Gasteiger partial charge in [-0.3, -0.25) is 4.90 Å². The van der Waals surface area contributed by atoms with Crippen molar-refractivity contribution in [2.75, 3.05) is 13.1 Å². The third-order valence-electron chi connectivity index (χ3n) is 6.85. The van der Waals surface area contributed by atoms with E-state index in [0.717, 1.165) is 29.6 Å². The summed E-state index contributed by atoms with van der Waals surface area (Å²) in [6, 6.07) is 21.8. The number of nitrogens with zero attached hydrogens (tertiary/aromatic N) is 3. The van der Waals surface area contributed by atoms with Gasteiger partial charge in [-0.2, -0.15) is 0 Å². The molecule has 2 saturated heterocycles. The van der Waals surface area contributed by atoms with Crippen LogP contribution in [0.1, 0.15) is 48.6 Å². The lowest BCUT2D eigenvalue weighted by atomic mass is 9.73. The Hall–Kier alpha value is -2.72. The molecule has 3 aliphatic rings. The maximum absolute atomic E-state index is 6.06. The van der Waals surface area contributed by atoms with E-state index >= 15 is 0 Å². The van der Waals surface area contributed by atoms with E-state index in [0.29, 0.717) is 11.8 Å². The first-order valence-corrected chi connectivity index (χ1v) is 11.1. The van der Waals surface area contributed by atoms with Crippen LogP contribution in [0.15, 0.2) is 77.2 Å². The number of fused-ring (bicyclic) bond motifs is 3. The monoisotopic (exact) mass is 399 g/mol. The highest BCUT2D eigenvalue weighted by Crippen LogP contribution is 2.40. The fraction of sp³-hybridized carbons (Fsp3) is 0.385. The standard InChI is InChI=1S/C26H29N3O/c1-20-27-28-25(30-20)26(22-9-4-2-5-10-22,23-11-6-3-7-12-23)17-8-18-29-19-21-13-15-24(29)16-14-21/h2-12,17,21,24H,13-16,18-19H2,1H3/t21-,24-. The second-order valence-electron chi connectivity index (χ2n) is 8.70. The molecule has 3 aromatic rings. The lowest BCUT2D eigenvalue weighted by Gasteiger charge is -2.45. The van der Waals surface area contributed by atoms with E-state index in [4.69, 9.17) is 4.42 Å². The van der Waals surface area contributed by atoms with Crippen LogP contribution in [0.4, 0.5) is 0 Å². The number of allylic oxidation sites excluding steroid dienone is 1. The van der Waals surface area contributed by atoms with Gasteiger partial charge in [-0.25, -0.2) is 0 Å². The summed E-state index contributed by atoms with van der Waals surface area (Å²) in [7, 11) is 0. The van der Waals surface area contributed by atoms with Gasteiger partial charge in [0.25, 0.3) is 0 Å². The first-order valence-electron chi connectivity index (χ1n) is 11.1. The molecule has 2 bridgehead atoms. The zero-order valence-corrected chi connectivity index (χ0v) is 17.6. The molecule has 1 aromatic heterocycles. The van der Waals surface area contributed by atoms with Crippen molar-refractivity contribution < 1.29 is 4.42 Å². The van der Waals surface area contributed by atoms with Crippen LogP contribution >= 0.6 is 0 Å². The Kier molecular flexibility index (Phi) is 5.26. The van der Waals surface area contributed by atoms with Gasteiger partial charge in [0.2, 0.25) is 11.8 Å². The number of hydrogen-bond donors (Lipinski definition) is 0. The molecule has 0 radical (unpaired) electrons. The second-order valence-corrected chi connectivity index (χ2v) is 8.70. The highest BCUT2D eigenvalue weighted by atomic mass is 16.4.